The van der Waals surface area contributed by atoms with E-state index in [1.807, 2.05) is 12.1 Å². The van der Waals surface area contributed by atoms with E-state index in [0.717, 1.165) is 28.7 Å². The molecule has 0 spiro atoms. The SMILES string of the molecule is CCOC(=O)c1c(NC(=O)C(=O)N/N=C\c2c(OC(=O)c3ccc(Cl)cc3Cl)ccc3ccccc23)sc2c1CC[C@@H](C)C2. The molecule has 0 aliphatic heterocycles. The van der Waals surface area contributed by atoms with Gasteiger partial charge in [0.25, 0.3) is 0 Å². The molecule has 44 heavy (non-hydrogen) atoms. The Bertz CT molecular complexity index is 1820. The zero-order valence-corrected chi connectivity index (χ0v) is 26.1. The first kappa shape index (κ1) is 31.2. The largest absolute Gasteiger partial charge is 0.462 e. The fourth-order valence-corrected chi connectivity index (χ4v) is 6.81. The van der Waals surface area contributed by atoms with E-state index >= 15 is 0 Å². The van der Waals surface area contributed by atoms with Crippen LogP contribution in [0.3, 0.4) is 0 Å². The average molecular weight is 653 g/mol. The van der Waals surface area contributed by atoms with Gasteiger partial charge in [0.2, 0.25) is 0 Å². The summed E-state index contributed by atoms with van der Waals surface area (Å²) < 4.78 is 10.9. The van der Waals surface area contributed by atoms with Gasteiger partial charge in [0, 0.05) is 15.5 Å². The van der Waals surface area contributed by atoms with Crippen LogP contribution < -0.4 is 15.5 Å². The molecule has 1 aliphatic rings. The van der Waals surface area contributed by atoms with Gasteiger partial charge in [0.1, 0.15) is 10.8 Å². The van der Waals surface area contributed by atoms with Gasteiger partial charge >= 0.3 is 23.8 Å². The number of rotatable bonds is 7. The van der Waals surface area contributed by atoms with E-state index in [-0.39, 0.29) is 27.9 Å². The zero-order valence-electron chi connectivity index (χ0n) is 23.7. The molecule has 1 heterocycles. The molecule has 0 radical (unpaired) electrons. The van der Waals surface area contributed by atoms with E-state index in [1.54, 1.807) is 31.2 Å². The summed E-state index contributed by atoms with van der Waals surface area (Å²) >= 11 is 13.4. The highest BCUT2D eigenvalue weighted by molar-refractivity contribution is 7.17. The molecule has 0 bridgehead atoms. The van der Waals surface area contributed by atoms with Gasteiger partial charge in [-0.1, -0.05) is 60.5 Å². The third-order valence-electron chi connectivity index (χ3n) is 7.07. The summed E-state index contributed by atoms with van der Waals surface area (Å²) in [6.45, 7) is 4.02. The van der Waals surface area contributed by atoms with Gasteiger partial charge < -0.3 is 14.8 Å². The second-order valence-corrected chi connectivity index (χ2v) is 12.1. The molecule has 0 fully saturated rings. The topological polar surface area (TPSA) is 123 Å². The molecule has 5 rings (SSSR count). The van der Waals surface area contributed by atoms with Gasteiger partial charge in [-0.15, -0.1) is 11.3 Å². The number of hydrazone groups is 1. The van der Waals surface area contributed by atoms with Gasteiger partial charge in [-0.2, -0.15) is 5.10 Å². The number of ether oxygens (including phenoxy) is 2. The number of carbonyl (C=O) groups excluding carboxylic acids is 4. The Morgan fingerprint density at radius 1 is 1.05 bits per heavy atom. The fraction of sp³-hybridized carbons (Fsp3) is 0.219. The first-order chi connectivity index (χ1) is 21.2. The summed E-state index contributed by atoms with van der Waals surface area (Å²) in [4.78, 5) is 52.3. The van der Waals surface area contributed by atoms with Crippen molar-refractivity contribution < 1.29 is 28.7 Å². The Hall–Kier alpha value is -4.25. The van der Waals surface area contributed by atoms with Crippen LogP contribution in [0.15, 0.2) is 59.7 Å². The standard InChI is InChI=1S/C32H27Cl2N3O6S/c1-3-42-32(41)27-22-11-8-17(2)14-26(22)44-30(27)36-28(38)29(39)37-35-16-23-20-7-5-4-6-18(20)9-13-25(23)43-31(40)21-12-10-19(33)15-24(21)34/h4-7,9-10,12-13,15-17H,3,8,11,14H2,1-2H3,(H,36,38)(H,37,39)/b35-16-/t17-/m1/s1. The van der Waals surface area contributed by atoms with Crippen LogP contribution in [0.25, 0.3) is 10.8 Å². The van der Waals surface area contributed by atoms with Crippen molar-refractivity contribution in [2.45, 2.75) is 33.1 Å². The Balaban J connectivity index is 1.35. The van der Waals surface area contributed by atoms with Crippen molar-refractivity contribution in [3.8, 4) is 5.75 Å². The molecule has 2 N–H and O–H groups in total. The first-order valence-electron chi connectivity index (χ1n) is 13.8. The lowest BCUT2D eigenvalue weighted by atomic mass is 9.88. The minimum absolute atomic E-state index is 0.115. The number of hydrogen-bond donors (Lipinski definition) is 2. The maximum atomic E-state index is 12.9. The van der Waals surface area contributed by atoms with Gasteiger partial charge in [0.15, 0.2) is 0 Å². The highest BCUT2D eigenvalue weighted by atomic mass is 35.5. The van der Waals surface area contributed by atoms with E-state index in [1.165, 1.54) is 35.8 Å². The van der Waals surface area contributed by atoms with Crippen LogP contribution in [-0.2, 0) is 27.2 Å². The van der Waals surface area contributed by atoms with E-state index in [2.05, 4.69) is 22.8 Å². The Morgan fingerprint density at radius 2 is 1.84 bits per heavy atom. The van der Waals surface area contributed by atoms with E-state index in [0.29, 0.717) is 33.9 Å². The van der Waals surface area contributed by atoms with Gasteiger partial charge in [-0.25, -0.2) is 15.0 Å². The molecular formula is C32H27Cl2N3O6S. The van der Waals surface area contributed by atoms with Crippen molar-refractivity contribution in [2.24, 2.45) is 11.0 Å². The molecule has 2 amide bonds. The van der Waals surface area contributed by atoms with Crippen LogP contribution in [0.4, 0.5) is 5.00 Å². The number of fused-ring (bicyclic) bond motifs is 2. The molecule has 4 aromatic rings. The highest BCUT2D eigenvalue weighted by Gasteiger charge is 2.30. The number of anilines is 1. The lowest BCUT2D eigenvalue weighted by Gasteiger charge is -2.18. The molecule has 0 saturated carbocycles. The van der Waals surface area contributed by atoms with Crippen molar-refractivity contribution in [3.05, 3.63) is 91.8 Å². The normalized spacial score (nSPS) is 14.2. The number of halogens is 2. The molecule has 1 aliphatic carbocycles. The van der Waals surface area contributed by atoms with Crippen molar-refractivity contribution in [2.75, 3.05) is 11.9 Å². The van der Waals surface area contributed by atoms with Gasteiger partial charge in [-0.05, 0) is 72.7 Å². The van der Waals surface area contributed by atoms with Crippen LogP contribution in [0, 0.1) is 5.92 Å². The molecule has 0 saturated heterocycles. The second kappa shape index (κ2) is 13.6. The van der Waals surface area contributed by atoms with Crippen LogP contribution >= 0.6 is 34.5 Å². The zero-order chi connectivity index (χ0) is 31.4. The first-order valence-corrected chi connectivity index (χ1v) is 15.4. The quantitative estimate of drug-likeness (QED) is 0.0743. The summed E-state index contributed by atoms with van der Waals surface area (Å²) in [7, 11) is 0. The minimum Gasteiger partial charge on any atom is -0.462 e. The third-order valence-corrected chi connectivity index (χ3v) is 8.79. The minimum atomic E-state index is -1.05. The van der Waals surface area contributed by atoms with E-state index in [4.69, 9.17) is 32.7 Å². The van der Waals surface area contributed by atoms with Gasteiger partial charge in [-0.3, -0.25) is 9.59 Å². The molecule has 9 nitrogen and oxygen atoms in total. The van der Waals surface area contributed by atoms with Crippen LogP contribution in [0.1, 0.15) is 57.0 Å². The number of benzene rings is 3. The predicted molar refractivity (Wildman–Crippen MR) is 171 cm³/mol. The van der Waals surface area contributed by atoms with Crippen LogP contribution in [0.2, 0.25) is 10.0 Å². The Labute approximate surface area is 267 Å². The maximum Gasteiger partial charge on any atom is 0.345 e. The number of nitrogens with zero attached hydrogens (tertiary/aromatic N) is 1. The number of thiophene rings is 1. The van der Waals surface area contributed by atoms with Crippen LogP contribution in [-0.4, -0.2) is 36.6 Å². The van der Waals surface area contributed by atoms with Gasteiger partial charge in [0.05, 0.1) is 29.0 Å². The summed E-state index contributed by atoms with van der Waals surface area (Å²) in [5.74, 6) is -2.71. The van der Waals surface area contributed by atoms with Crippen LogP contribution in [0.5, 0.6) is 5.75 Å². The Morgan fingerprint density at radius 3 is 2.61 bits per heavy atom. The van der Waals surface area contributed by atoms with Crippen molar-refractivity contribution in [1.29, 1.82) is 0 Å². The molecule has 226 valence electrons. The summed E-state index contributed by atoms with van der Waals surface area (Å²) in [5.41, 5.74) is 3.87. The number of amides is 2. The second-order valence-electron chi connectivity index (χ2n) is 10.1. The predicted octanol–water partition coefficient (Wildman–Crippen LogP) is 6.82. The van der Waals surface area contributed by atoms with Crippen molar-refractivity contribution >= 4 is 80.3 Å². The fourth-order valence-electron chi connectivity index (χ4n) is 4.93. The molecule has 0 unspecified atom stereocenters. The summed E-state index contributed by atoms with van der Waals surface area (Å²) in [6, 6.07) is 15.1. The number of nitrogens with one attached hydrogen (secondary N) is 2. The summed E-state index contributed by atoms with van der Waals surface area (Å²) in [6.07, 6.45) is 3.67. The highest BCUT2D eigenvalue weighted by Crippen LogP contribution is 2.40. The number of carbonyl (C=O) groups is 4. The molecule has 1 atom stereocenters. The molecule has 1 aromatic heterocycles. The smallest absolute Gasteiger partial charge is 0.345 e. The maximum absolute atomic E-state index is 12.9. The average Bonchev–Trinajstić information content (AvgIpc) is 3.34. The van der Waals surface area contributed by atoms with E-state index < -0.39 is 23.8 Å². The Kier molecular flexibility index (Phi) is 9.63. The lowest BCUT2D eigenvalue weighted by molar-refractivity contribution is -0.136. The number of hydrogen-bond acceptors (Lipinski definition) is 8. The molecular weight excluding hydrogens is 625 g/mol. The van der Waals surface area contributed by atoms with E-state index in [9.17, 15) is 19.2 Å². The third kappa shape index (κ3) is 6.77. The lowest BCUT2D eigenvalue weighted by Crippen LogP contribution is -2.32. The summed E-state index contributed by atoms with van der Waals surface area (Å²) in [5, 5.41) is 8.82. The van der Waals surface area contributed by atoms with Crippen molar-refractivity contribution in [1.82, 2.24) is 5.43 Å². The molecule has 3 aromatic carbocycles. The molecule has 12 heteroatoms. The van der Waals surface area contributed by atoms with Crippen molar-refractivity contribution in [3.63, 3.8) is 0 Å². The monoisotopic (exact) mass is 651 g/mol. The number of esters is 2.